The zero-order valence-corrected chi connectivity index (χ0v) is 15.7. The molecule has 27 heavy (non-hydrogen) atoms. The minimum atomic E-state index is -0.0903. The van der Waals surface area contributed by atoms with Gasteiger partial charge in [-0.1, -0.05) is 19.1 Å². The number of amides is 2. The van der Waals surface area contributed by atoms with Gasteiger partial charge in [-0.05, 0) is 44.4 Å². The molecule has 2 amide bonds. The Hall–Kier alpha value is -2.76. The Morgan fingerprint density at radius 1 is 1.22 bits per heavy atom. The van der Waals surface area contributed by atoms with E-state index in [4.69, 9.17) is 0 Å². The van der Waals surface area contributed by atoms with E-state index in [1.807, 2.05) is 42.2 Å². The average molecular weight is 364 g/mol. The van der Waals surface area contributed by atoms with Crippen molar-refractivity contribution in [3.63, 3.8) is 0 Å². The Labute approximate surface area is 159 Å². The van der Waals surface area contributed by atoms with E-state index in [1.165, 1.54) is 0 Å². The normalized spacial score (nSPS) is 21.7. The third-order valence-corrected chi connectivity index (χ3v) is 5.41. The topological polar surface area (TPSA) is 75.2 Å². The van der Waals surface area contributed by atoms with Gasteiger partial charge in [0, 0.05) is 36.0 Å². The molecule has 2 atom stereocenters. The maximum absolute atomic E-state index is 13.1. The van der Waals surface area contributed by atoms with Gasteiger partial charge in [-0.25, -0.2) is 9.97 Å². The van der Waals surface area contributed by atoms with Crippen LogP contribution in [0.1, 0.15) is 41.6 Å². The minimum Gasteiger partial charge on any atom is -0.351 e. The third-order valence-electron chi connectivity index (χ3n) is 5.41. The summed E-state index contributed by atoms with van der Waals surface area (Å²) < 4.78 is 0. The van der Waals surface area contributed by atoms with Gasteiger partial charge in [0.2, 0.25) is 5.91 Å². The molecule has 0 radical (unpaired) electrons. The number of nitrogens with zero attached hydrogens (tertiary/aromatic N) is 3. The molecule has 1 aromatic carbocycles. The molecule has 5 rings (SSSR count). The lowest BCUT2D eigenvalue weighted by Gasteiger charge is -2.23. The zero-order chi connectivity index (χ0) is 19.0. The number of carbonyl (C=O) groups excluding carboxylic acids is 2. The van der Waals surface area contributed by atoms with Gasteiger partial charge in [-0.15, -0.1) is 0 Å². The van der Waals surface area contributed by atoms with Crippen molar-refractivity contribution >= 4 is 11.8 Å². The standard InChI is InChI=1S/C21H24N4O2/c1-3-17-10-19(23-13(2)22-17)14-5-4-6-15(9-14)21(27)25-11-16-7-8-18(12-25)24-20(16)26/h4-6,9-10,16,18H,3,7-8,11-12H2,1-2H3,(H,24,26). The highest BCUT2D eigenvalue weighted by Crippen LogP contribution is 2.25. The van der Waals surface area contributed by atoms with Crippen molar-refractivity contribution in [3.05, 3.63) is 47.4 Å². The highest BCUT2D eigenvalue weighted by Gasteiger charge is 2.36. The molecule has 1 aromatic heterocycles. The fourth-order valence-electron chi connectivity index (χ4n) is 3.96. The van der Waals surface area contributed by atoms with Crippen LogP contribution in [0.15, 0.2) is 30.3 Å². The van der Waals surface area contributed by atoms with Crippen molar-refractivity contribution in [3.8, 4) is 11.3 Å². The number of hydrogen-bond donors (Lipinski definition) is 1. The summed E-state index contributed by atoms with van der Waals surface area (Å²) in [4.78, 5) is 35.9. The number of rotatable bonds is 3. The summed E-state index contributed by atoms with van der Waals surface area (Å²) in [6.07, 6.45) is 2.65. The van der Waals surface area contributed by atoms with Crippen LogP contribution in [0.25, 0.3) is 11.3 Å². The molecule has 6 nitrogen and oxygen atoms in total. The fraction of sp³-hybridized carbons (Fsp3) is 0.429. The molecule has 0 aliphatic carbocycles. The number of carbonyl (C=O) groups is 2. The molecule has 3 aliphatic rings. The summed E-state index contributed by atoms with van der Waals surface area (Å²) in [5.41, 5.74) is 3.37. The summed E-state index contributed by atoms with van der Waals surface area (Å²) >= 11 is 0. The van der Waals surface area contributed by atoms with Crippen LogP contribution >= 0.6 is 0 Å². The molecular weight excluding hydrogens is 340 g/mol. The first-order chi connectivity index (χ1) is 13.0. The molecule has 3 fully saturated rings. The zero-order valence-electron chi connectivity index (χ0n) is 15.7. The maximum atomic E-state index is 13.1. The number of aromatic nitrogens is 2. The van der Waals surface area contributed by atoms with Crippen LogP contribution < -0.4 is 5.32 Å². The minimum absolute atomic E-state index is 0.0215. The van der Waals surface area contributed by atoms with Crippen molar-refractivity contribution in [2.75, 3.05) is 13.1 Å². The molecule has 3 saturated heterocycles. The second-order valence-corrected chi connectivity index (χ2v) is 7.42. The number of piperidine rings is 1. The quantitative estimate of drug-likeness (QED) is 0.907. The van der Waals surface area contributed by atoms with E-state index < -0.39 is 0 Å². The van der Waals surface area contributed by atoms with Crippen LogP contribution in [0.4, 0.5) is 0 Å². The molecule has 0 spiro atoms. The van der Waals surface area contributed by atoms with Gasteiger partial charge in [0.05, 0.1) is 11.6 Å². The number of hydrogen-bond acceptors (Lipinski definition) is 4. The van der Waals surface area contributed by atoms with Crippen molar-refractivity contribution in [1.82, 2.24) is 20.2 Å². The van der Waals surface area contributed by atoms with Crippen molar-refractivity contribution in [1.29, 1.82) is 0 Å². The second kappa shape index (κ2) is 7.10. The molecule has 4 heterocycles. The monoisotopic (exact) mass is 364 g/mol. The van der Waals surface area contributed by atoms with E-state index in [2.05, 4.69) is 22.2 Å². The molecule has 1 N–H and O–H groups in total. The van der Waals surface area contributed by atoms with Gasteiger partial charge in [0.25, 0.3) is 5.91 Å². The molecule has 140 valence electrons. The molecule has 3 aliphatic heterocycles. The summed E-state index contributed by atoms with van der Waals surface area (Å²) in [5.74, 6) is 0.702. The number of nitrogens with one attached hydrogen (secondary N) is 1. The average Bonchev–Trinajstić information content (AvgIpc) is 2.98. The van der Waals surface area contributed by atoms with Crippen molar-refractivity contribution in [2.24, 2.45) is 5.92 Å². The van der Waals surface area contributed by atoms with Gasteiger partial charge in [-0.3, -0.25) is 9.59 Å². The lowest BCUT2D eigenvalue weighted by atomic mass is 9.96. The fourth-order valence-corrected chi connectivity index (χ4v) is 3.96. The van der Waals surface area contributed by atoms with E-state index in [9.17, 15) is 9.59 Å². The van der Waals surface area contributed by atoms with Gasteiger partial charge >= 0.3 is 0 Å². The molecular formula is C21H24N4O2. The predicted octanol–water partition coefficient (Wildman–Crippen LogP) is 2.37. The van der Waals surface area contributed by atoms with E-state index >= 15 is 0 Å². The maximum Gasteiger partial charge on any atom is 0.253 e. The van der Waals surface area contributed by atoms with Gasteiger partial charge in [-0.2, -0.15) is 0 Å². The summed E-state index contributed by atoms with van der Waals surface area (Å²) in [5, 5.41) is 3.02. The first-order valence-electron chi connectivity index (χ1n) is 9.58. The molecule has 2 aromatic rings. The van der Waals surface area contributed by atoms with Crippen LogP contribution in [0.2, 0.25) is 0 Å². The third kappa shape index (κ3) is 3.56. The van der Waals surface area contributed by atoms with Crippen LogP contribution in [0.3, 0.4) is 0 Å². The van der Waals surface area contributed by atoms with Crippen LogP contribution in [0.5, 0.6) is 0 Å². The largest absolute Gasteiger partial charge is 0.351 e. The lowest BCUT2D eigenvalue weighted by Crippen LogP contribution is -2.43. The van der Waals surface area contributed by atoms with Gasteiger partial charge in [0.1, 0.15) is 5.82 Å². The smallest absolute Gasteiger partial charge is 0.253 e. The summed E-state index contributed by atoms with van der Waals surface area (Å²) in [7, 11) is 0. The predicted molar refractivity (Wildman–Crippen MR) is 102 cm³/mol. The highest BCUT2D eigenvalue weighted by atomic mass is 16.2. The Morgan fingerprint density at radius 2 is 2.07 bits per heavy atom. The van der Waals surface area contributed by atoms with Crippen LogP contribution in [-0.4, -0.2) is 45.8 Å². The van der Waals surface area contributed by atoms with E-state index in [0.29, 0.717) is 18.7 Å². The van der Waals surface area contributed by atoms with Crippen LogP contribution in [0, 0.1) is 12.8 Å². The number of fused-ring (bicyclic) bond motifs is 4. The first kappa shape index (κ1) is 17.6. The van der Waals surface area contributed by atoms with E-state index in [0.717, 1.165) is 42.0 Å². The number of benzene rings is 1. The van der Waals surface area contributed by atoms with E-state index in [-0.39, 0.29) is 23.8 Å². The van der Waals surface area contributed by atoms with Crippen LogP contribution in [-0.2, 0) is 11.2 Å². The molecule has 0 saturated carbocycles. The van der Waals surface area contributed by atoms with Crippen molar-refractivity contribution < 1.29 is 9.59 Å². The Balaban J connectivity index is 1.62. The lowest BCUT2D eigenvalue weighted by molar-refractivity contribution is -0.126. The summed E-state index contributed by atoms with van der Waals surface area (Å²) in [6.45, 7) is 5.03. The first-order valence-corrected chi connectivity index (χ1v) is 9.58. The molecule has 6 heteroatoms. The Kier molecular flexibility index (Phi) is 4.64. The number of aryl methyl sites for hydroxylation is 2. The van der Waals surface area contributed by atoms with E-state index in [1.54, 1.807) is 0 Å². The van der Waals surface area contributed by atoms with Gasteiger partial charge < -0.3 is 10.2 Å². The Bertz CT molecular complexity index is 896. The van der Waals surface area contributed by atoms with Crippen molar-refractivity contribution in [2.45, 2.75) is 39.2 Å². The SMILES string of the molecule is CCc1cc(-c2cccc(C(=O)N3CC4CCC(C3)C(=O)N4)c2)nc(C)n1. The second-order valence-electron chi connectivity index (χ2n) is 7.42. The van der Waals surface area contributed by atoms with Gasteiger partial charge in [0.15, 0.2) is 0 Å². The molecule has 2 unspecified atom stereocenters. The summed E-state index contributed by atoms with van der Waals surface area (Å²) in [6, 6.07) is 9.64. The highest BCUT2D eigenvalue weighted by molar-refractivity contribution is 5.96. The Morgan fingerprint density at radius 3 is 2.85 bits per heavy atom. The molecule has 2 bridgehead atoms.